The molecule has 57 valence electrons. The molecular weight excluding hydrogens is 139 g/mol. The van der Waals surface area contributed by atoms with Crippen LogP contribution < -0.4 is 0 Å². The van der Waals surface area contributed by atoms with Crippen LogP contribution in [0.2, 0.25) is 0 Å². The summed E-state index contributed by atoms with van der Waals surface area (Å²) in [6, 6.07) is 0. The molecule has 0 aromatic carbocycles. The first-order valence-electron chi connectivity index (χ1n) is 0. The van der Waals surface area contributed by atoms with E-state index >= 15 is 0 Å². The summed E-state index contributed by atoms with van der Waals surface area (Å²) < 4.78 is 0. The van der Waals surface area contributed by atoms with Crippen LogP contribution in [0.25, 0.3) is 0 Å². The first kappa shape index (κ1) is 1690. The Bertz CT molecular complexity index is 9.65. The van der Waals surface area contributed by atoms with Gasteiger partial charge in [0.2, 0.25) is 0 Å². The number of hydrogen-bond donors (Lipinski definition) is 0. The van der Waals surface area contributed by atoms with Crippen molar-refractivity contribution in [1.29, 1.82) is 0 Å². The molecular formula is C4H16CoO2-4. The molecule has 0 aromatic rings. The Morgan fingerprint density at radius 1 is 0.429 bits per heavy atom. The molecule has 0 heterocycles. The summed E-state index contributed by atoms with van der Waals surface area (Å²) >= 11 is 0. The van der Waals surface area contributed by atoms with E-state index in [1.54, 1.807) is 0 Å². The van der Waals surface area contributed by atoms with E-state index < -0.39 is 0 Å². The second-order valence-corrected chi connectivity index (χ2v) is 0. The molecule has 0 atom stereocenters. The smallest absolute Gasteiger partial charge is 0 e. The molecule has 0 fully saturated rings. The molecule has 1 radical (unpaired) electrons. The summed E-state index contributed by atoms with van der Waals surface area (Å²) in [5.74, 6) is 0. The summed E-state index contributed by atoms with van der Waals surface area (Å²) in [6.45, 7) is 0. The fourth-order valence-electron chi connectivity index (χ4n) is 0. The van der Waals surface area contributed by atoms with E-state index in [0.29, 0.717) is 0 Å². The van der Waals surface area contributed by atoms with E-state index in [1.165, 1.54) is 0 Å². The van der Waals surface area contributed by atoms with Crippen LogP contribution in [0.4, 0.5) is 0 Å². The molecule has 0 saturated carbocycles. The van der Waals surface area contributed by atoms with Crippen LogP contribution in [-0.2, 0) is 16.8 Å². The molecule has 0 saturated heterocycles. The van der Waals surface area contributed by atoms with Gasteiger partial charge in [0.25, 0.3) is 0 Å². The average molecular weight is 155 g/mol. The summed E-state index contributed by atoms with van der Waals surface area (Å²) in [6.07, 6.45) is 0. The molecule has 0 amide bonds. The van der Waals surface area contributed by atoms with E-state index in [9.17, 15) is 0 Å². The van der Waals surface area contributed by atoms with Gasteiger partial charge in [-0.05, 0) is 0 Å². The third-order valence-electron chi connectivity index (χ3n) is 0. The summed E-state index contributed by atoms with van der Waals surface area (Å²) in [5.41, 5.74) is 0. The van der Waals surface area contributed by atoms with Gasteiger partial charge < -0.3 is 40.7 Å². The zero-order chi connectivity index (χ0) is 0. The second-order valence-electron chi connectivity index (χ2n) is 0. The van der Waals surface area contributed by atoms with Crippen LogP contribution in [0.3, 0.4) is 0 Å². The monoisotopic (exact) mass is 155 g/mol. The van der Waals surface area contributed by atoms with Gasteiger partial charge in [-0.1, -0.05) is 0 Å². The van der Waals surface area contributed by atoms with Gasteiger partial charge in [-0.3, -0.25) is 0 Å². The fraction of sp³-hybridized carbons (Fsp3) is 0. The Morgan fingerprint density at radius 2 is 0.429 bits per heavy atom. The van der Waals surface area contributed by atoms with Crippen molar-refractivity contribution >= 4 is 0 Å². The Hall–Kier alpha value is 0.426. The Kier molecular flexibility index (Phi) is 251000. The molecule has 0 aromatic heterocycles. The Labute approximate surface area is 58.1 Å². The zero-order valence-corrected chi connectivity index (χ0v) is 6.37. The quantitative estimate of drug-likeness (QED) is 0.447. The van der Waals surface area contributed by atoms with Gasteiger partial charge in [-0.15, -0.1) is 0 Å². The molecule has 0 rings (SSSR count). The molecule has 3 heteroatoms. The topological polar surface area (TPSA) is 63.0 Å². The van der Waals surface area contributed by atoms with Gasteiger partial charge in [0, 0.05) is 16.8 Å². The van der Waals surface area contributed by atoms with Crippen LogP contribution in [0, 0.1) is 29.7 Å². The van der Waals surface area contributed by atoms with Crippen molar-refractivity contribution in [3.05, 3.63) is 29.7 Å². The Morgan fingerprint density at radius 3 is 0.429 bits per heavy atom. The molecule has 0 spiro atoms. The molecule has 0 unspecified atom stereocenters. The van der Waals surface area contributed by atoms with Crippen molar-refractivity contribution in [2.75, 3.05) is 0 Å². The van der Waals surface area contributed by atoms with Gasteiger partial charge >= 0.3 is 0 Å². The van der Waals surface area contributed by atoms with Crippen molar-refractivity contribution in [1.82, 2.24) is 0 Å². The second kappa shape index (κ2) is 1040. The Balaban J connectivity index is 0. The van der Waals surface area contributed by atoms with Crippen molar-refractivity contribution < 1.29 is 27.7 Å². The third kappa shape index (κ3) is 692. The normalized spacial score (nSPS) is 0. The third-order valence-corrected chi connectivity index (χ3v) is 0. The molecule has 7 heavy (non-hydrogen) atoms. The fourth-order valence-corrected chi connectivity index (χ4v) is 0. The standard InChI is InChI=1S/4CH3.Co.2H2O/h4*1H3;;2*1H2/q4*-1;;;. The van der Waals surface area contributed by atoms with E-state index in [2.05, 4.69) is 0 Å². The van der Waals surface area contributed by atoms with Crippen LogP contribution in [0.5, 0.6) is 0 Å². The number of hydrogen-bond acceptors (Lipinski definition) is 0. The van der Waals surface area contributed by atoms with Gasteiger partial charge in [-0.25, -0.2) is 0 Å². The molecule has 0 aliphatic heterocycles. The van der Waals surface area contributed by atoms with Crippen molar-refractivity contribution in [3.8, 4) is 0 Å². The first-order valence-corrected chi connectivity index (χ1v) is 0. The molecule has 0 aliphatic rings. The molecule has 0 bridgehead atoms. The van der Waals surface area contributed by atoms with Gasteiger partial charge in [0.05, 0.1) is 0 Å². The molecule has 0 aliphatic carbocycles. The van der Waals surface area contributed by atoms with Gasteiger partial charge in [0.15, 0.2) is 0 Å². The summed E-state index contributed by atoms with van der Waals surface area (Å²) in [4.78, 5) is 0. The maximum Gasteiger partial charge on any atom is 0 e. The minimum atomic E-state index is 0. The van der Waals surface area contributed by atoms with E-state index in [-0.39, 0.29) is 57.4 Å². The number of rotatable bonds is 0. The van der Waals surface area contributed by atoms with E-state index in [1.807, 2.05) is 0 Å². The van der Waals surface area contributed by atoms with Crippen LogP contribution in [0.1, 0.15) is 0 Å². The summed E-state index contributed by atoms with van der Waals surface area (Å²) in [7, 11) is 0. The van der Waals surface area contributed by atoms with Crippen molar-refractivity contribution in [2.24, 2.45) is 0 Å². The molecule has 4 N–H and O–H groups in total. The average Bonchev–Trinajstić information content (AvgIpc) is 0. The molecule has 2 nitrogen and oxygen atoms in total. The predicted octanol–water partition coefficient (Wildman–Crippen LogP) is 0.149. The van der Waals surface area contributed by atoms with Crippen molar-refractivity contribution in [2.45, 2.75) is 0 Å². The largest absolute Gasteiger partial charge is 0.412 e. The minimum Gasteiger partial charge on any atom is -0.412 e. The van der Waals surface area contributed by atoms with Gasteiger partial charge in [-0.2, -0.15) is 0 Å². The first-order chi connectivity index (χ1) is 0. The minimum absolute atomic E-state index is 0. The van der Waals surface area contributed by atoms with Crippen LogP contribution in [-0.4, -0.2) is 11.0 Å². The maximum absolute atomic E-state index is 0. The SMILES string of the molecule is O.O.[CH3-].[CH3-].[CH3-].[CH3-].[Co]. The predicted molar refractivity (Wildman–Crippen MR) is 32.9 cm³/mol. The van der Waals surface area contributed by atoms with E-state index in [0.717, 1.165) is 0 Å². The van der Waals surface area contributed by atoms with Crippen LogP contribution >= 0.6 is 0 Å². The van der Waals surface area contributed by atoms with Crippen molar-refractivity contribution in [3.63, 3.8) is 0 Å². The zero-order valence-electron chi connectivity index (χ0n) is 5.33. The summed E-state index contributed by atoms with van der Waals surface area (Å²) in [5, 5.41) is 0. The van der Waals surface area contributed by atoms with Gasteiger partial charge in [0.1, 0.15) is 0 Å². The maximum atomic E-state index is 0. The van der Waals surface area contributed by atoms with Crippen LogP contribution in [0.15, 0.2) is 0 Å². The van der Waals surface area contributed by atoms with E-state index in [4.69, 9.17) is 0 Å².